The number of nitrogens with one attached hydrogen (secondary N) is 1. The van der Waals surface area contributed by atoms with Crippen molar-refractivity contribution < 1.29 is 4.79 Å². The maximum Gasteiger partial charge on any atom is 0.236 e. The maximum atomic E-state index is 12.9. The molecule has 6 heteroatoms. The lowest BCUT2D eigenvalue weighted by molar-refractivity contribution is -0.133. The van der Waals surface area contributed by atoms with Crippen LogP contribution in [-0.4, -0.2) is 83.4 Å². The van der Waals surface area contributed by atoms with Crippen molar-refractivity contribution in [3.05, 3.63) is 52.8 Å². The number of H-pyrrole nitrogens is 1. The van der Waals surface area contributed by atoms with Crippen molar-refractivity contribution in [3.63, 3.8) is 0 Å². The Morgan fingerprint density at radius 1 is 1.00 bits per heavy atom. The molecule has 2 aliphatic rings. The SMILES string of the molecule is Cc1cc(-c2[nH]c3ccc(C4CCN(C(=O)CN5CCN(C)CC5)CC4)cc3c2C(C)C)cc(C)n1. The van der Waals surface area contributed by atoms with Gasteiger partial charge in [-0.05, 0) is 81.0 Å². The molecular weight excluding hydrogens is 446 g/mol. The first-order valence-electron chi connectivity index (χ1n) is 13.6. The van der Waals surface area contributed by atoms with Gasteiger partial charge >= 0.3 is 0 Å². The largest absolute Gasteiger partial charge is 0.354 e. The van der Waals surface area contributed by atoms with Gasteiger partial charge in [-0.25, -0.2) is 0 Å². The summed E-state index contributed by atoms with van der Waals surface area (Å²) >= 11 is 0. The first-order chi connectivity index (χ1) is 17.3. The molecule has 0 saturated carbocycles. The van der Waals surface area contributed by atoms with Crippen LogP contribution in [0.25, 0.3) is 22.2 Å². The summed E-state index contributed by atoms with van der Waals surface area (Å²) in [4.78, 5) is 28.0. The van der Waals surface area contributed by atoms with E-state index < -0.39 is 0 Å². The summed E-state index contributed by atoms with van der Waals surface area (Å²) in [5.41, 5.74) is 8.52. The molecule has 0 atom stereocenters. The number of benzene rings is 1. The van der Waals surface area contributed by atoms with E-state index >= 15 is 0 Å². The number of nitrogens with zero attached hydrogens (tertiary/aromatic N) is 4. The van der Waals surface area contributed by atoms with Crippen molar-refractivity contribution in [1.82, 2.24) is 24.7 Å². The van der Waals surface area contributed by atoms with Gasteiger partial charge in [0.05, 0.1) is 12.2 Å². The molecular formula is C30H41N5O. The van der Waals surface area contributed by atoms with E-state index in [9.17, 15) is 4.79 Å². The Morgan fingerprint density at radius 2 is 1.67 bits per heavy atom. The lowest BCUT2D eigenvalue weighted by Gasteiger charge is -2.36. The van der Waals surface area contributed by atoms with Crippen molar-refractivity contribution >= 4 is 16.8 Å². The van der Waals surface area contributed by atoms with Gasteiger partial charge in [-0.3, -0.25) is 14.7 Å². The molecule has 0 radical (unpaired) electrons. The molecule has 2 aromatic heterocycles. The Labute approximate surface area is 215 Å². The van der Waals surface area contributed by atoms with Gasteiger partial charge < -0.3 is 14.8 Å². The molecule has 2 aliphatic heterocycles. The van der Waals surface area contributed by atoms with E-state index in [1.807, 2.05) is 0 Å². The van der Waals surface area contributed by atoms with E-state index in [4.69, 9.17) is 0 Å². The summed E-state index contributed by atoms with van der Waals surface area (Å²) in [6, 6.07) is 11.3. The van der Waals surface area contributed by atoms with Crippen molar-refractivity contribution in [3.8, 4) is 11.3 Å². The van der Waals surface area contributed by atoms with Crippen molar-refractivity contribution in [1.29, 1.82) is 0 Å². The number of piperidine rings is 1. The second kappa shape index (κ2) is 10.3. The van der Waals surface area contributed by atoms with Crippen molar-refractivity contribution in [2.75, 3.05) is 52.9 Å². The molecule has 0 unspecified atom stereocenters. The van der Waals surface area contributed by atoms with E-state index in [1.54, 1.807) is 0 Å². The van der Waals surface area contributed by atoms with E-state index in [-0.39, 0.29) is 0 Å². The zero-order valence-corrected chi connectivity index (χ0v) is 22.6. The number of carbonyl (C=O) groups excluding carboxylic acids is 1. The number of likely N-dealkylation sites (tertiary alicyclic amines) is 1. The number of piperazine rings is 1. The molecule has 2 saturated heterocycles. The molecule has 5 rings (SSSR count). The van der Waals surface area contributed by atoms with Crippen LogP contribution in [0.2, 0.25) is 0 Å². The topological polar surface area (TPSA) is 55.5 Å². The van der Waals surface area contributed by atoms with Gasteiger partial charge in [-0.1, -0.05) is 19.9 Å². The molecule has 6 nitrogen and oxygen atoms in total. The number of aromatic nitrogens is 2. The fourth-order valence-corrected chi connectivity index (χ4v) is 6.05. The molecule has 1 amide bonds. The number of pyridine rings is 1. The summed E-state index contributed by atoms with van der Waals surface area (Å²) in [7, 11) is 2.15. The third kappa shape index (κ3) is 5.21. The average molecular weight is 488 g/mol. The van der Waals surface area contributed by atoms with E-state index in [0.29, 0.717) is 24.3 Å². The van der Waals surface area contributed by atoms with Crippen LogP contribution >= 0.6 is 0 Å². The van der Waals surface area contributed by atoms with Crippen LogP contribution in [0.15, 0.2) is 30.3 Å². The number of aromatic amines is 1. The molecule has 0 bridgehead atoms. The standard InChI is InChI=1S/C30H41N5O/c1-20(2)29-26-18-24(6-7-27(26)32-30(29)25-16-21(3)31-22(4)17-25)23-8-10-35(11-9-23)28(36)19-34-14-12-33(5)13-15-34/h6-7,16-18,20,23,32H,8-15,19H2,1-5H3. The maximum absolute atomic E-state index is 12.9. The van der Waals surface area contributed by atoms with Gasteiger partial charge in [0.1, 0.15) is 0 Å². The summed E-state index contributed by atoms with van der Waals surface area (Å²) in [5, 5.41) is 1.33. The Morgan fingerprint density at radius 3 is 2.31 bits per heavy atom. The number of carbonyl (C=O) groups is 1. The summed E-state index contributed by atoms with van der Waals surface area (Å²) < 4.78 is 0. The lowest BCUT2D eigenvalue weighted by Crippen LogP contribution is -2.50. The normalized spacial score (nSPS) is 18.4. The molecule has 4 heterocycles. The summed E-state index contributed by atoms with van der Waals surface area (Å²) in [5.74, 6) is 1.21. The molecule has 1 N–H and O–H groups in total. The fourth-order valence-electron chi connectivity index (χ4n) is 6.05. The van der Waals surface area contributed by atoms with Crippen molar-refractivity contribution in [2.24, 2.45) is 0 Å². The highest BCUT2D eigenvalue weighted by Crippen LogP contribution is 2.38. The van der Waals surface area contributed by atoms with Gasteiger partial charge in [0.15, 0.2) is 0 Å². The number of fused-ring (bicyclic) bond motifs is 1. The zero-order valence-electron chi connectivity index (χ0n) is 22.6. The number of aryl methyl sites for hydroxylation is 2. The Bertz CT molecular complexity index is 1210. The minimum absolute atomic E-state index is 0.300. The second-order valence-electron chi connectivity index (χ2n) is 11.2. The first kappa shape index (κ1) is 25.0. The average Bonchev–Trinajstić information content (AvgIpc) is 3.24. The predicted molar refractivity (Wildman–Crippen MR) is 148 cm³/mol. The molecule has 0 spiro atoms. The minimum Gasteiger partial charge on any atom is -0.354 e. The van der Waals surface area contributed by atoms with Crippen LogP contribution in [0.5, 0.6) is 0 Å². The van der Waals surface area contributed by atoms with E-state index in [0.717, 1.165) is 63.5 Å². The number of hydrogen-bond donors (Lipinski definition) is 1. The lowest BCUT2D eigenvalue weighted by atomic mass is 9.87. The van der Waals surface area contributed by atoms with Gasteiger partial charge in [0, 0.05) is 67.1 Å². The molecule has 2 fully saturated rings. The van der Waals surface area contributed by atoms with Crippen LogP contribution in [-0.2, 0) is 4.79 Å². The molecule has 192 valence electrons. The summed E-state index contributed by atoms with van der Waals surface area (Å²) in [6.45, 7) is 15.1. The Hall–Kier alpha value is -2.70. The van der Waals surface area contributed by atoms with Crippen LogP contribution in [0.4, 0.5) is 0 Å². The Kier molecular flexibility index (Phi) is 7.18. The van der Waals surface area contributed by atoms with Crippen LogP contribution < -0.4 is 0 Å². The zero-order chi connectivity index (χ0) is 25.4. The smallest absolute Gasteiger partial charge is 0.236 e. The van der Waals surface area contributed by atoms with E-state index in [2.05, 4.69) is 89.7 Å². The fraction of sp³-hybridized carbons (Fsp3) is 0.533. The highest BCUT2D eigenvalue weighted by atomic mass is 16.2. The minimum atomic E-state index is 0.300. The molecule has 3 aromatic rings. The quantitative estimate of drug-likeness (QED) is 0.555. The summed E-state index contributed by atoms with van der Waals surface area (Å²) in [6.07, 6.45) is 2.08. The third-order valence-corrected chi connectivity index (χ3v) is 8.08. The van der Waals surface area contributed by atoms with Gasteiger partial charge in [-0.15, -0.1) is 0 Å². The first-order valence-corrected chi connectivity index (χ1v) is 13.6. The van der Waals surface area contributed by atoms with Crippen LogP contribution in [0.3, 0.4) is 0 Å². The number of rotatable bonds is 5. The van der Waals surface area contributed by atoms with E-state index in [1.165, 1.54) is 33.3 Å². The number of hydrogen-bond acceptors (Lipinski definition) is 4. The van der Waals surface area contributed by atoms with Crippen LogP contribution in [0.1, 0.15) is 61.0 Å². The van der Waals surface area contributed by atoms with Gasteiger partial charge in [-0.2, -0.15) is 0 Å². The monoisotopic (exact) mass is 487 g/mol. The predicted octanol–water partition coefficient (Wildman–Crippen LogP) is 4.92. The molecule has 36 heavy (non-hydrogen) atoms. The van der Waals surface area contributed by atoms with Gasteiger partial charge in [0.25, 0.3) is 0 Å². The third-order valence-electron chi connectivity index (χ3n) is 8.08. The highest BCUT2D eigenvalue weighted by molar-refractivity contribution is 5.92. The molecule has 1 aromatic carbocycles. The number of likely N-dealkylation sites (N-methyl/N-ethyl adjacent to an activating group) is 1. The second-order valence-corrected chi connectivity index (χ2v) is 11.2. The number of amides is 1. The van der Waals surface area contributed by atoms with Gasteiger partial charge in [0.2, 0.25) is 5.91 Å². The van der Waals surface area contributed by atoms with Crippen molar-refractivity contribution in [2.45, 2.75) is 52.4 Å². The molecule has 0 aliphatic carbocycles. The Balaban J connectivity index is 1.32. The highest BCUT2D eigenvalue weighted by Gasteiger charge is 2.27. The van der Waals surface area contributed by atoms with Crippen LogP contribution in [0, 0.1) is 13.8 Å².